The molecule has 0 saturated heterocycles. The number of benzene rings is 2. The molecule has 1 N–H and O–H groups in total. The van der Waals surface area contributed by atoms with E-state index in [9.17, 15) is 9.59 Å². The lowest BCUT2D eigenvalue weighted by molar-refractivity contribution is 0.615. The van der Waals surface area contributed by atoms with Gasteiger partial charge in [0.15, 0.2) is 0 Å². The van der Waals surface area contributed by atoms with Crippen molar-refractivity contribution in [3.8, 4) is 0 Å². The van der Waals surface area contributed by atoms with E-state index in [1.807, 2.05) is 47.0 Å². The third kappa shape index (κ3) is 1.85. The van der Waals surface area contributed by atoms with Crippen LogP contribution in [0, 0.1) is 0 Å². The molecule has 0 saturated carbocycles. The summed E-state index contributed by atoms with van der Waals surface area (Å²) in [6, 6.07) is 14.9. The zero-order valence-corrected chi connectivity index (χ0v) is 11.6. The first-order valence-electron chi connectivity index (χ1n) is 6.86. The maximum atomic E-state index is 12.2. The fraction of sp³-hybridized carbons (Fsp3) is 0.0625. The van der Waals surface area contributed by atoms with Crippen molar-refractivity contribution in [2.24, 2.45) is 0 Å². The first kappa shape index (κ1) is 12.6. The highest BCUT2D eigenvalue weighted by Gasteiger charge is 2.09. The van der Waals surface area contributed by atoms with Gasteiger partial charge in [-0.1, -0.05) is 24.3 Å². The minimum absolute atomic E-state index is 0.240. The maximum Gasteiger partial charge on any atom is 0.318 e. The Kier molecular flexibility index (Phi) is 2.69. The van der Waals surface area contributed by atoms with Crippen LogP contribution in [0.3, 0.4) is 0 Å². The molecular formula is C16H12N4O2. The van der Waals surface area contributed by atoms with Crippen LogP contribution in [0.5, 0.6) is 0 Å². The number of nitrogens with one attached hydrogen (secondary N) is 1. The van der Waals surface area contributed by atoms with E-state index < -0.39 is 11.1 Å². The number of para-hydroxylation sites is 4. The zero-order chi connectivity index (χ0) is 15.1. The van der Waals surface area contributed by atoms with Crippen LogP contribution < -0.4 is 11.1 Å². The molecule has 0 unspecified atom stereocenters. The number of fused-ring (bicyclic) bond motifs is 2. The van der Waals surface area contributed by atoms with Gasteiger partial charge in [-0.15, -0.1) is 0 Å². The fourth-order valence-corrected chi connectivity index (χ4v) is 2.64. The third-order valence-electron chi connectivity index (χ3n) is 3.70. The Hall–Kier alpha value is -3.15. The molecule has 22 heavy (non-hydrogen) atoms. The first-order chi connectivity index (χ1) is 10.7. The lowest BCUT2D eigenvalue weighted by Gasteiger charge is -2.11. The quantitative estimate of drug-likeness (QED) is 0.570. The van der Waals surface area contributed by atoms with E-state index in [4.69, 9.17) is 0 Å². The highest BCUT2D eigenvalue weighted by molar-refractivity contribution is 5.76. The molecule has 2 aromatic carbocycles. The van der Waals surface area contributed by atoms with Gasteiger partial charge in [0.2, 0.25) is 0 Å². The largest absolute Gasteiger partial charge is 0.318 e. The van der Waals surface area contributed by atoms with Crippen molar-refractivity contribution >= 4 is 22.1 Å². The number of aromatic amines is 1. The SMILES string of the molecule is O=c1[nH]c2ccccc2n(Cn2cnc3ccccc32)c1=O. The van der Waals surface area contributed by atoms with E-state index in [2.05, 4.69) is 9.97 Å². The van der Waals surface area contributed by atoms with Crippen molar-refractivity contribution in [1.82, 2.24) is 19.1 Å². The van der Waals surface area contributed by atoms with E-state index in [-0.39, 0.29) is 6.67 Å². The molecule has 0 bridgehead atoms. The summed E-state index contributed by atoms with van der Waals surface area (Å²) in [5.74, 6) is 0. The van der Waals surface area contributed by atoms with E-state index in [1.165, 1.54) is 4.57 Å². The molecule has 2 heterocycles. The third-order valence-corrected chi connectivity index (χ3v) is 3.70. The summed E-state index contributed by atoms with van der Waals surface area (Å²) in [6.45, 7) is 0.240. The van der Waals surface area contributed by atoms with Gasteiger partial charge in [-0.2, -0.15) is 0 Å². The molecule has 6 heteroatoms. The second kappa shape index (κ2) is 4.70. The van der Waals surface area contributed by atoms with Gasteiger partial charge in [-0.3, -0.25) is 14.2 Å². The molecule has 0 atom stereocenters. The maximum absolute atomic E-state index is 12.2. The average molecular weight is 292 g/mol. The first-order valence-corrected chi connectivity index (χ1v) is 6.86. The van der Waals surface area contributed by atoms with Crippen LogP contribution in [0.15, 0.2) is 64.4 Å². The number of H-pyrrole nitrogens is 1. The monoisotopic (exact) mass is 292 g/mol. The highest BCUT2D eigenvalue weighted by atomic mass is 16.2. The molecule has 6 nitrogen and oxygen atoms in total. The van der Waals surface area contributed by atoms with Gasteiger partial charge in [-0.25, -0.2) is 4.98 Å². The predicted octanol–water partition coefficient (Wildman–Crippen LogP) is 1.55. The number of aromatic nitrogens is 4. The van der Waals surface area contributed by atoms with E-state index in [1.54, 1.807) is 12.4 Å². The van der Waals surface area contributed by atoms with Crippen LogP contribution in [0.2, 0.25) is 0 Å². The van der Waals surface area contributed by atoms with Crippen LogP contribution in [0.1, 0.15) is 0 Å². The second-order valence-corrected chi connectivity index (χ2v) is 5.05. The van der Waals surface area contributed by atoms with Crippen molar-refractivity contribution < 1.29 is 0 Å². The normalized spacial score (nSPS) is 11.3. The molecule has 2 aromatic heterocycles. The standard InChI is InChI=1S/C16H12N4O2/c21-15-16(22)20(14-8-4-2-6-12(14)18-15)10-19-9-17-11-5-1-3-7-13(11)19/h1-9H,10H2,(H,18,21). The molecule has 0 fully saturated rings. The van der Waals surface area contributed by atoms with Gasteiger partial charge in [0, 0.05) is 0 Å². The van der Waals surface area contributed by atoms with Crippen molar-refractivity contribution in [1.29, 1.82) is 0 Å². The van der Waals surface area contributed by atoms with Crippen LogP contribution in [0.25, 0.3) is 22.1 Å². The minimum atomic E-state index is -0.622. The van der Waals surface area contributed by atoms with Crippen molar-refractivity contribution in [3.05, 3.63) is 75.6 Å². The Balaban J connectivity index is 1.97. The van der Waals surface area contributed by atoms with Crippen LogP contribution in [-0.4, -0.2) is 19.1 Å². The molecular weight excluding hydrogens is 280 g/mol. The Morgan fingerprint density at radius 2 is 1.68 bits per heavy atom. The molecule has 4 aromatic rings. The lowest BCUT2D eigenvalue weighted by atomic mass is 10.3. The van der Waals surface area contributed by atoms with E-state index in [0.717, 1.165) is 11.0 Å². The van der Waals surface area contributed by atoms with Crippen molar-refractivity contribution in [2.45, 2.75) is 6.67 Å². The molecule has 0 spiro atoms. The minimum Gasteiger partial charge on any atom is -0.316 e. The number of imidazole rings is 1. The lowest BCUT2D eigenvalue weighted by Crippen LogP contribution is -2.37. The zero-order valence-electron chi connectivity index (χ0n) is 11.6. The molecule has 0 aliphatic rings. The summed E-state index contributed by atoms with van der Waals surface area (Å²) in [6.07, 6.45) is 1.67. The van der Waals surface area contributed by atoms with Gasteiger partial charge < -0.3 is 9.55 Å². The summed E-state index contributed by atoms with van der Waals surface area (Å²) >= 11 is 0. The summed E-state index contributed by atoms with van der Waals surface area (Å²) in [7, 11) is 0. The van der Waals surface area contributed by atoms with Crippen LogP contribution >= 0.6 is 0 Å². The van der Waals surface area contributed by atoms with Gasteiger partial charge in [0.1, 0.15) is 6.67 Å². The number of nitrogens with zero attached hydrogens (tertiary/aromatic N) is 3. The Morgan fingerprint density at radius 3 is 2.55 bits per heavy atom. The Bertz CT molecular complexity index is 1100. The van der Waals surface area contributed by atoms with E-state index >= 15 is 0 Å². The van der Waals surface area contributed by atoms with Crippen LogP contribution in [0.4, 0.5) is 0 Å². The highest BCUT2D eigenvalue weighted by Crippen LogP contribution is 2.13. The van der Waals surface area contributed by atoms with Crippen molar-refractivity contribution in [3.63, 3.8) is 0 Å². The molecule has 0 amide bonds. The molecule has 108 valence electrons. The molecule has 4 rings (SSSR count). The second-order valence-electron chi connectivity index (χ2n) is 5.05. The summed E-state index contributed by atoms with van der Waals surface area (Å²) in [4.78, 5) is 31.0. The average Bonchev–Trinajstić information content (AvgIpc) is 2.95. The fourth-order valence-electron chi connectivity index (χ4n) is 2.64. The molecule has 0 aliphatic carbocycles. The van der Waals surface area contributed by atoms with Crippen LogP contribution in [-0.2, 0) is 6.67 Å². The predicted molar refractivity (Wildman–Crippen MR) is 84.0 cm³/mol. The summed E-state index contributed by atoms with van der Waals surface area (Å²) in [5.41, 5.74) is 1.89. The van der Waals surface area contributed by atoms with Gasteiger partial charge in [-0.05, 0) is 24.3 Å². The number of hydrogen-bond donors (Lipinski definition) is 1. The Labute approximate surface area is 124 Å². The van der Waals surface area contributed by atoms with Gasteiger partial charge >= 0.3 is 11.1 Å². The van der Waals surface area contributed by atoms with Gasteiger partial charge in [0.25, 0.3) is 0 Å². The summed E-state index contributed by atoms with van der Waals surface area (Å²) < 4.78 is 3.31. The number of hydrogen-bond acceptors (Lipinski definition) is 3. The van der Waals surface area contributed by atoms with Gasteiger partial charge in [0.05, 0.1) is 28.4 Å². The smallest absolute Gasteiger partial charge is 0.316 e. The Morgan fingerprint density at radius 1 is 0.955 bits per heavy atom. The van der Waals surface area contributed by atoms with Crippen molar-refractivity contribution in [2.75, 3.05) is 0 Å². The molecule has 0 radical (unpaired) electrons. The van der Waals surface area contributed by atoms with E-state index in [0.29, 0.717) is 11.0 Å². The topological polar surface area (TPSA) is 72.7 Å². The summed E-state index contributed by atoms with van der Waals surface area (Å²) in [5, 5.41) is 0. The molecule has 0 aliphatic heterocycles. The number of rotatable bonds is 2.